The average molecular weight is 159 g/mol. The van der Waals surface area contributed by atoms with E-state index in [1.54, 1.807) is 0 Å². The maximum atomic E-state index is 8.59. The molecule has 1 N–H and O–H groups in total. The van der Waals surface area contributed by atoms with Gasteiger partial charge in [0.15, 0.2) is 0 Å². The molecule has 0 amide bonds. The Bertz CT molecular complexity index is 96.2. The zero-order valence-electron chi connectivity index (χ0n) is 8.22. The standard InChI is InChI=1S/C9H21NO/c1-9(2,3)8-10(4)6-5-7-11/h11H,5-8H2,1-4H3. The molecule has 68 valence electrons. The zero-order chi connectivity index (χ0) is 8.91. The molecule has 0 fully saturated rings. The lowest BCUT2D eigenvalue weighted by molar-refractivity contribution is 0.201. The van der Waals surface area contributed by atoms with E-state index in [4.69, 9.17) is 5.11 Å². The molecule has 0 radical (unpaired) electrons. The van der Waals surface area contributed by atoms with Crippen LogP contribution in [0.3, 0.4) is 0 Å². The molecule has 0 aromatic heterocycles. The second-order valence-corrected chi connectivity index (χ2v) is 4.38. The van der Waals surface area contributed by atoms with Crippen LogP contribution in [0.25, 0.3) is 0 Å². The number of hydrogen-bond donors (Lipinski definition) is 1. The molecule has 0 aromatic carbocycles. The predicted molar refractivity (Wildman–Crippen MR) is 48.7 cm³/mol. The lowest BCUT2D eigenvalue weighted by Gasteiger charge is -2.26. The first-order chi connectivity index (χ1) is 4.95. The van der Waals surface area contributed by atoms with Crippen LogP contribution in [0.15, 0.2) is 0 Å². The van der Waals surface area contributed by atoms with Crippen molar-refractivity contribution in [3.05, 3.63) is 0 Å². The van der Waals surface area contributed by atoms with Crippen LogP contribution in [-0.4, -0.2) is 36.8 Å². The summed E-state index contributed by atoms with van der Waals surface area (Å²) in [5.41, 5.74) is 0.365. The summed E-state index contributed by atoms with van der Waals surface area (Å²) in [5.74, 6) is 0. The van der Waals surface area contributed by atoms with Crippen molar-refractivity contribution in [3.8, 4) is 0 Å². The van der Waals surface area contributed by atoms with Crippen molar-refractivity contribution in [1.29, 1.82) is 0 Å². The minimum atomic E-state index is 0.300. The van der Waals surface area contributed by atoms with Gasteiger partial charge in [-0.25, -0.2) is 0 Å². The van der Waals surface area contributed by atoms with Gasteiger partial charge in [-0.2, -0.15) is 0 Å². The molecule has 0 unspecified atom stereocenters. The van der Waals surface area contributed by atoms with Gasteiger partial charge in [0.05, 0.1) is 0 Å². The van der Waals surface area contributed by atoms with Gasteiger partial charge in [0.25, 0.3) is 0 Å². The number of rotatable bonds is 4. The maximum absolute atomic E-state index is 8.59. The van der Waals surface area contributed by atoms with E-state index in [0.29, 0.717) is 12.0 Å². The number of hydrogen-bond acceptors (Lipinski definition) is 2. The van der Waals surface area contributed by atoms with Crippen molar-refractivity contribution in [2.24, 2.45) is 5.41 Å². The molecule has 0 rings (SSSR count). The lowest BCUT2D eigenvalue weighted by atomic mass is 9.96. The first-order valence-electron chi connectivity index (χ1n) is 4.25. The highest BCUT2D eigenvalue weighted by Crippen LogP contribution is 2.13. The van der Waals surface area contributed by atoms with Crippen molar-refractivity contribution in [1.82, 2.24) is 4.90 Å². The van der Waals surface area contributed by atoms with Crippen LogP contribution in [-0.2, 0) is 0 Å². The third-order valence-corrected chi connectivity index (χ3v) is 1.44. The van der Waals surface area contributed by atoms with Gasteiger partial charge < -0.3 is 10.0 Å². The van der Waals surface area contributed by atoms with Crippen molar-refractivity contribution in [2.75, 3.05) is 26.7 Å². The molecular formula is C9H21NO. The Morgan fingerprint density at radius 1 is 1.27 bits per heavy atom. The van der Waals surface area contributed by atoms with E-state index in [9.17, 15) is 0 Å². The van der Waals surface area contributed by atoms with Crippen LogP contribution in [0.4, 0.5) is 0 Å². The highest BCUT2D eigenvalue weighted by atomic mass is 16.3. The summed E-state index contributed by atoms with van der Waals surface area (Å²) >= 11 is 0. The van der Waals surface area contributed by atoms with E-state index in [1.807, 2.05) is 0 Å². The van der Waals surface area contributed by atoms with Crippen molar-refractivity contribution < 1.29 is 5.11 Å². The quantitative estimate of drug-likeness (QED) is 0.669. The SMILES string of the molecule is CN(CCCO)CC(C)(C)C. The predicted octanol–water partition coefficient (Wildman–Crippen LogP) is 1.35. The second kappa shape index (κ2) is 4.73. The fourth-order valence-corrected chi connectivity index (χ4v) is 1.23. The van der Waals surface area contributed by atoms with Gasteiger partial charge >= 0.3 is 0 Å². The molecule has 11 heavy (non-hydrogen) atoms. The van der Waals surface area contributed by atoms with Crippen LogP contribution in [0.5, 0.6) is 0 Å². The molecule has 0 aliphatic carbocycles. The van der Waals surface area contributed by atoms with E-state index < -0.39 is 0 Å². The summed E-state index contributed by atoms with van der Waals surface area (Å²) in [6.45, 7) is 9.06. The third kappa shape index (κ3) is 7.82. The molecule has 0 heterocycles. The minimum absolute atomic E-state index is 0.300. The molecule has 0 atom stereocenters. The van der Waals surface area contributed by atoms with Gasteiger partial charge in [0, 0.05) is 19.7 Å². The summed E-state index contributed by atoms with van der Waals surface area (Å²) in [6, 6.07) is 0. The lowest BCUT2D eigenvalue weighted by Crippen LogP contribution is -2.30. The van der Waals surface area contributed by atoms with Gasteiger partial charge in [0.2, 0.25) is 0 Å². The second-order valence-electron chi connectivity index (χ2n) is 4.38. The smallest absolute Gasteiger partial charge is 0.0443 e. The highest BCUT2D eigenvalue weighted by Gasteiger charge is 2.12. The van der Waals surface area contributed by atoms with E-state index in [1.165, 1.54) is 0 Å². The van der Waals surface area contributed by atoms with Gasteiger partial charge in [0.1, 0.15) is 0 Å². The average Bonchev–Trinajstić information content (AvgIpc) is 1.79. The van der Waals surface area contributed by atoms with Crippen molar-refractivity contribution >= 4 is 0 Å². The van der Waals surface area contributed by atoms with Gasteiger partial charge in [-0.1, -0.05) is 20.8 Å². The van der Waals surface area contributed by atoms with Crippen LogP contribution in [0.2, 0.25) is 0 Å². The molecule has 0 spiro atoms. The van der Waals surface area contributed by atoms with Gasteiger partial charge in [-0.05, 0) is 18.9 Å². The molecule has 0 aromatic rings. The summed E-state index contributed by atoms with van der Waals surface area (Å²) in [6.07, 6.45) is 0.882. The minimum Gasteiger partial charge on any atom is -0.396 e. The Morgan fingerprint density at radius 2 is 1.82 bits per heavy atom. The first-order valence-corrected chi connectivity index (χ1v) is 4.25. The Kier molecular flexibility index (Phi) is 4.69. The van der Waals surface area contributed by atoms with Crippen LogP contribution >= 0.6 is 0 Å². The molecule has 2 nitrogen and oxygen atoms in total. The van der Waals surface area contributed by atoms with E-state index in [2.05, 4.69) is 32.7 Å². The molecule has 0 aliphatic rings. The summed E-state index contributed by atoms with van der Waals surface area (Å²) in [5, 5.41) is 8.59. The van der Waals surface area contributed by atoms with E-state index >= 15 is 0 Å². The first kappa shape index (κ1) is 10.9. The van der Waals surface area contributed by atoms with E-state index in [0.717, 1.165) is 19.5 Å². The Labute approximate surface area is 70.2 Å². The van der Waals surface area contributed by atoms with Crippen LogP contribution in [0, 0.1) is 5.41 Å². The summed E-state index contributed by atoms with van der Waals surface area (Å²) in [4.78, 5) is 2.26. The molecule has 2 heteroatoms. The number of aliphatic hydroxyl groups is 1. The Hall–Kier alpha value is -0.0800. The summed E-state index contributed by atoms with van der Waals surface area (Å²) < 4.78 is 0. The number of nitrogens with zero attached hydrogens (tertiary/aromatic N) is 1. The topological polar surface area (TPSA) is 23.5 Å². The number of aliphatic hydroxyl groups excluding tert-OH is 1. The molecule has 0 bridgehead atoms. The van der Waals surface area contributed by atoms with Crippen LogP contribution in [0.1, 0.15) is 27.2 Å². The molecule has 0 saturated heterocycles. The monoisotopic (exact) mass is 159 g/mol. The van der Waals surface area contributed by atoms with Crippen molar-refractivity contribution in [2.45, 2.75) is 27.2 Å². The van der Waals surface area contributed by atoms with Crippen molar-refractivity contribution in [3.63, 3.8) is 0 Å². The third-order valence-electron chi connectivity index (χ3n) is 1.44. The van der Waals surface area contributed by atoms with Gasteiger partial charge in [-0.3, -0.25) is 0 Å². The summed E-state index contributed by atoms with van der Waals surface area (Å²) in [7, 11) is 2.10. The normalized spacial score (nSPS) is 12.5. The molecular weight excluding hydrogens is 138 g/mol. The molecule has 0 aliphatic heterocycles. The highest BCUT2D eigenvalue weighted by molar-refractivity contribution is 4.65. The fourth-order valence-electron chi connectivity index (χ4n) is 1.23. The van der Waals surface area contributed by atoms with Crippen LogP contribution < -0.4 is 0 Å². The Morgan fingerprint density at radius 3 is 2.18 bits per heavy atom. The Balaban J connectivity index is 3.44. The largest absolute Gasteiger partial charge is 0.396 e. The zero-order valence-corrected chi connectivity index (χ0v) is 8.22. The molecule has 0 saturated carbocycles. The fraction of sp³-hybridized carbons (Fsp3) is 1.00. The maximum Gasteiger partial charge on any atom is 0.0443 e. The van der Waals surface area contributed by atoms with Gasteiger partial charge in [-0.15, -0.1) is 0 Å². The van der Waals surface area contributed by atoms with E-state index in [-0.39, 0.29) is 0 Å².